The number of para-hydroxylation sites is 1. The zero-order chi connectivity index (χ0) is 22.8. The minimum atomic E-state index is -0.625. The standard InChI is InChI=1S/C26H24N2O3S2/c1-2-31-25(30)22(17-11-5-3-6-12-17)33-26-27-23-21(19-15-9-10-16-20(19)32-23)24(29)28(26)18-13-7-4-8-14-18/h3-8,11-14,22H,2,9-10,15-16H2,1H3. The summed E-state index contributed by atoms with van der Waals surface area (Å²) in [5, 5.41) is 0.606. The van der Waals surface area contributed by atoms with Gasteiger partial charge < -0.3 is 4.74 Å². The Kier molecular flexibility index (Phi) is 6.33. The number of hydrogen-bond donors (Lipinski definition) is 0. The van der Waals surface area contributed by atoms with Gasteiger partial charge in [-0.3, -0.25) is 14.2 Å². The van der Waals surface area contributed by atoms with Crippen LogP contribution >= 0.6 is 23.1 Å². The molecule has 2 aromatic carbocycles. The van der Waals surface area contributed by atoms with Gasteiger partial charge in [-0.25, -0.2) is 4.98 Å². The first-order valence-corrected chi connectivity index (χ1v) is 12.9. The molecule has 0 spiro atoms. The lowest BCUT2D eigenvalue weighted by Gasteiger charge is -2.18. The van der Waals surface area contributed by atoms with Crippen molar-refractivity contribution in [1.29, 1.82) is 0 Å². The molecule has 2 heterocycles. The quantitative estimate of drug-likeness (QED) is 0.202. The van der Waals surface area contributed by atoms with Crippen LogP contribution in [-0.4, -0.2) is 22.1 Å². The third-order valence-corrected chi connectivity index (χ3v) is 8.17. The number of aromatic nitrogens is 2. The summed E-state index contributed by atoms with van der Waals surface area (Å²) in [4.78, 5) is 33.8. The molecular weight excluding hydrogens is 452 g/mol. The minimum absolute atomic E-state index is 0.0660. The number of esters is 1. The highest BCUT2D eigenvalue weighted by atomic mass is 32.2. The van der Waals surface area contributed by atoms with E-state index in [9.17, 15) is 9.59 Å². The van der Waals surface area contributed by atoms with Crippen molar-refractivity contribution in [3.8, 4) is 5.69 Å². The number of fused-ring (bicyclic) bond motifs is 3. The Labute approximate surface area is 200 Å². The van der Waals surface area contributed by atoms with Crippen LogP contribution in [0.4, 0.5) is 0 Å². The summed E-state index contributed by atoms with van der Waals surface area (Å²) in [5.41, 5.74) is 2.65. The van der Waals surface area contributed by atoms with Crippen molar-refractivity contribution in [3.63, 3.8) is 0 Å². The Morgan fingerprint density at radius 3 is 2.52 bits per heavy atom. The van der Waals surface area contributed by atoms with Gasteiger partial charge in [0.05, 0.1) is 17.7 Å². The highest BCUT2D eigenvalue weighted by Gasteiger charge is 2.28. The SMILES string of the molecule is CCOC(=O)C(Sc1nc2sc3c(c2c(=O)n1-c1ccccc1)CCCC3)c1ccccc1. The Hall–Kier alpha value is -2.90. The molecule has 0 N–H and O–H groups in total. The van der Waals surface area contributed by atoms with Gasteiger partial charge in [-0.15, -0.1) is 11.3 Å². The lowest BCUT2D eigenvalue weighted by atomic mass is 9.97. The first-order chi connectivity index (χ1) is 16.2. The lowest BCUT2D eigenvalue weighted by molar-refractivity contribution is -0.142. The fraction of sp³-hybridized carbons (Fsp3) is 0.269. The number of hydrogen-bond acceptors (Lipinski definition) is 6. The molecule has 0 bridgehead atoms. The van der Waals surface area contributed by atoms with E-state index >= 15 is 0 Å². The molecule has 168 valence electrons. The average molecular weight is 477 g/mol. The van der Waals surface area contributed by atoms with Crippen LogP contribution < -0.4 is 5.56 Å². The number of carbonyl (C=O) groups is 1. The van der Waals surface area contributed by atoms with Gasteiger partial charge in [0.25, 0.3) is 5.56 Å². The van der Waals surface area contributed by atoms with E-state index in [1.165, 1.54) is 16.6 Å². The van der Waals surface area contributed by atoms with Crippen LogP contribution in [0.3, 0.4) is 0 Å². The maximum absolute atomic E-state index is 13.9. The van der Waals surface area contributed by atoms with Crippen LogP contribution in [0.5, 0.6) is 0 Å². The van der Waals surface area contributed by atoms with Crippen molar-refractivity contribution in [2.24, 2.45) is 0 Å². The first-order valence-electron chi connectivity index (χ1n) is 11.2. The summed E-state index contributed by atoms with van der Waals surface area (Å²) in [6.07, 6.45) is 4.16. The second kappa shape index (κ2) is 9.53. The third kappa shape index (κ3) is 4.23. The van der Waals surface area contributed by atoms with E-state index < -0.39 is 5.25 Å². The summed E-state index contributed by atoms with van der Waals surface area (Å²) in [7, 11) is 0. The molecule has 0 radical (unpaired) electrons. The first kappa shape index (κ1) is 21.9. The van der Waals surface area contributed by atoms with E-state index in [-0.39, 0.29) is 11.5 Å². The molecule has 7 heteroatoms. The molecule has 0 fully saturated rings. The Morgan fingerprint density at radius 2 is 1.79 bits per heavy atom. The van der Waals surface area contributed by atoms with Crippen LogP contribution in [0.1, 0.15) is 41.0 Å². The fourth-order valence-corrected chi connectivity index (χ4v) is 6.69. The van der Waals surface area contributed by atoms with Crippen molar-refractivity contribution >= 4 is 39.3 Å². The van der Waals surface area contributed by atoms with Crippen LogP contribution in [0, 0.1) is 0 Å². The third-order valence-electron chi connectivity index (χ3n) is 5.80. The molecule has 33 heavy (non-hydrogen) atoms. The summed E-state index contributed by atoms with van der Waals surface area (Å²) < 4.78 is 7.04. The predicted molar refractivity (Wildman–Crippen MR) is 134 cm³/mol. The van der Waals surface area contributed by atoms with Crippen molar-refractivity contribution in [2.75, 3.05) is 6.61 Å². The number of carbonyl (C=O) groups excluding carboxylic acids is 1. The fourth-order valence-electron chi connectivity index (χ4n) is 4.27. The molecule has 0 saturated heterocycles. The van der Waals surface area contributed by atoms with Crippen LogP contribution in [0.25, 0.3) is 15.9 Å². The summed E-state index contributed by atoms with van der Waals surface area (Å²) >= 11 is 2.89. The molecule has 0 amide bonds. The molecule has 5 rings (SSSR count). The normalized spacial score (nSPS) is 14.1. The second-order valence-electron chi connectivity index (χ2n) is 7.92. The van der Waals surface area contributed by atoms with Crippen LogP contribution in [0.2, 0.25) is 0 Å². The van der Waals surface area contributed by atoms with Gasteiger partial charge in [0.2, 0.25) is 0 Å². The number of thioether (sulfide) groups is 1. The number of nitrogens with zero attached hydrogens (tertiary/aromatic N) is 2. The molecule has 0 saturated carbocycles. The average Bonchev–Trinajstić information content (AvgIpc) is 3.22. The summed E-state index contributed by atoms with van der Waals surface area (Å²) in [6, 6.07) is 19.1. The molecule has 1 unspecified atom stereocenters. The predicted octanol–water partition coefficient (Wildman–Crippen LogP) is 5.72. The van der Waals surface area contributed by atoms with E-state index in [1.54, 1.807) is 22.8 Å². The number of aryl methyl sites for hydroxylation is 2. The monoisotopic (exact) mass is 476 g/mol. The van der Waals surface area contributed by atoms with E-state index in [0.29, 0.717) is 11.8 Å². The van der Waals surface area contributed by atoms with E-state index in [2.05, 4.69) is 0 Å². The molecular formula is C26H24N2O3S2. The van der Waals surface area contributed by atoms with Gasteiger partial charge in [0, 0.05) is 4.88 Å². The number of benzene rings is 2. The summed E-state index contributed by atoms with van der Waals surface area (Å²) in [5.74, 6) is -0.340. The summed E-state index contributed by atoms with van der Waals surface area (Å²) in [6.45, 7) is 2.09. The van der Waals surface area contributed by atoms with Crippen LogP contribution in [0.15, 0.2) is 70.6 Å². The maximum atomic E-state index is 13.9. The molecule has 0 aliphatic heterocycles. The van der Waals surface area contributed by atoms with Gasteiger partial charge in [0.15, 0.2) is 5.16 Å². The molecule has 2 aromatic heterocycles. The molecule has 1 aliphatic carbocycles. The zero-order valence-electron chi connectivity index (χ0n) is 18.3. The highest BCUT2D eigenvalue weighted by Crippen LogP contribution is 2.39. The molecule has 5 nitrogen and oxygen atoms in total. The maximum Gasteiger partial charge on any atom is 0.324 e. The Bertz CT molecular complexity index is 1350. The van der Waals surface area contributed by atoms with Gasteiger partial charge in [-0.1, -0.05) is 60.3 Å². The minimum Gasteiger partial charge on any atom is -0.465 e. The Morgan fingerprint density at radius 1 is 1.09 bits per heavy atom. The number of rotatable bonds is 6. The number of ether oxygens (including phenoxy) is 1. The number of thiophene rings is 1. The van der Waals surface area contributed by atoms with Crippen LogP contribution in [-0.2, 0) is 22.4 Å². The van der Waals surface area contributed by atoms with Gasteiger partial charge in [-0.2, -0.15) is 0 Å². The smallest absolute Gasteiger partial charge is 0.324 e. The largest absolute Gasteiger partial charge is 0.465 e. The van der Waals surface area contributed by atoms with Crippen molar-refractivity contribution in [2.45, 2.75) is 43.0 Å². The van der Waals surface area contributed by atoms with E-state index in [4.69, 9.17) is 9.72 Å². The van der Waals surface area contributed by atoms with E-state index in [1.807, 2.05) is 60.7 Å². The van der Waals surface area contributed by atoms with Crippen molar-refractivity contribution < 1.29 is 9.53 Å². The zero-order valence-corrected chi connectivity index (χ0v) is 20.0. The topological polar surface area (TPSA) is 61.2 Å². The molecule has 1 aliphatic rings. The van der Waals surface area contributed by atoms with Gasteiger partial charge in [0.1, 0.15) is 10.1 Å². The lowest BCUT2D eigenvalue weighted by Crippen LogP contribution is -2.23. The van der Waals surface area contributed by atoms with E-state index in [0.717, 1.165) is 52.7 Å². The Balaban J connectivity index is 1.71. The van der Waals surface area contributed by atoms with Crippen molar-refractivity contribution in [1.82, 2.24) is 9.55 Å². The van der Waals surface area contributed by atoms with Gasteiger partial charge >= 0.3 is 5.97 Å². The molecule has 1 atom stereocenters. The highest BCUT2D eigenvalue weighted by molar-refractivity contribution is 8.00. The van der Waals surface area contributed by atoms with Gasteiger partial charge in [-0.05, 0) is 55.9 Å². The molecule has 4 aromatic rings. The van der Waals surface area contributed by atoms with Crippen molar-refractivity contribution in [3.05, 3.63) is 87.0 Å². The second-order valence-corrected chi connectivity index (χ2v) is 10.1.